The quantitative estimate of drug-likeness (QED) is 0.906. The largest absolute Gasteiger partial charge is 0.360 e. The summed E-state index contributed by atoms with van der Waals surface area (Å²) in [6.07, 6.45) is 1.69. The molecule has 126 valence electrons. The van der Waals surface area contributed by atoms with Crippen LogP contribution in [0.15, 0.2) is 40.9 Å². The van der Waals surface area contributed by atoms with Crippen LogP contribution in [0.1, 0.15) is 29.0 Å². The third-order valence-corrected chi connectivity index (χ3v) is 3.93. The Kier molecular flexibility index (Phi) is 4.79. The Bertz CT molecular complexity index is 714. The summed E-state index contributed by atoms with van der Waals surface area (Å²) in [6, 6.07) is 10.4. The first-order valence-corrected chi connectivity index (χ1v) is 7.97. The van der Waals surface area contributed by atoms with Gasteiger partial charge in [-0.05, 0) is 31.9 Å². The number of hydrogen-bond acceptors (Lipinski definition) is 4. The topological polar surface area (TPSA) is 87.5 Å². The molecule has 1 fully saturated rings. The fourth-order valence-corrected chi connectivity index (χ4v) is 2.81. The summed E-state index contributed by atoms with van der Waals surface area (Å²) in [4.78, 5) is 26.3. The molecule has 1 aromatic carbocycles. The zero-order chi connectivity index (χ0) is 16.9. The van der Waals surface area contributed by atoms with Gasteiger partial charge in [-0.2, -0.15) is 0 Å². The molecule has 24 heavy (non-hydrogen) atoms. The first-order valence-electron chi connectivity index (χ1n) is 7.97. The van der Waals surface area contributed by atoms with E-state index in [1.165, 1.54) is 0 Å². The van der Waals surface area contributed by atoms with Crippen LogP contribution < -0.4 is 10.6 Å². The van der Waals surface area contributed by atoms with E-state index in [1.807, 2.05) is 18.2 Å². The van der Waals surface area contributed by atoms with Crippen molar-refractivity contribution in [2.45, 2.75) is 25.8 Å². The number of nitrogens with one attached hydrogen (secondary N) is 2. The number of carbonyl (C=O) groups is 2. The molecule has 3 amide bonds. The molecule has 2 N–H and O–H groups in total. The van der Waals surface area contributed by atoms with Gasteiger partial charge in [-0.1, -0.05) is 23.4 Å². The standard InChI is InChI=1S/C17H20N4O3/c1-12-10-15(20-24-12)19-17(23)18-14-8-5-9-21(11-14)16(22)13-6-3-2-4-7-13/h2-4,6-7,10,14H,5,8-9,11H2,1H3,(H2,18,19,20,23). The predicted molar refractivity (Wildman–Crippen MR) is 88.8 cm³/mol. The number of nitrogens with zero attached hydrogens (tertiary/aromatic N) is 2. The lowest BCUT2D eigenvalue weighted by Gasteiger charge is -2.33. The van der Waals surface area contributed by atoms with Gasteiger partial charge in [0.15, 0.2) is 5.82 Å². The zero-order valence-electron chi connectivity index (χ0n) is 13.5. The minimum Gasteiger partial charge on any atom is -0.360 e. The highest BCUT2D eigenvalue weighted by atomic mass is 16.5. The van der Waals surface area contributed by atoms with Gasteiger partial charge in [0.25, 0.3) is 5.91 Å². The van der Waals surface area contributed by atoms with Gasteiger partial charge in [-0.25, -0.2) is 4.79 Å². The van der Waals surface area contributed by atoms with Gasteiger partial charge in [-0.3, -0.25) is 10.1 Å². The highest BCUT2D eigenvalue weighted by molar-refractivity contribution is 5.94. The molecule has 0 saturated carbocycles. The molecule has 1 aliphatic rings. The number of urea groups is 1. The second-order valence-corrected chi connectivity index (χ2v) is 5.88. The van der Waals surface area contributed by atoms with Crippen molar-refractivity contribution in [3.8, 4) is 0 Å². The number of aromatic nitrogens is 1. The number of hydrogen-bond donors (Lipinski definition) is 2. The molecule has 3 rings (SSSR count). The Balaban J connectivity index is 1.55. The van der Waals surface area contributed by atoms with Crippen LogP contribution in [0.5, 0.6) is 0 Å². The van der Waals surface area contributed by atoms with E-state index in [-0.39, 0.29) is 18.0 Å². The number of piperidine rings is 1. The summed E-state index contributed by atoms with van der Waals surface area (Å²) < 4.78 is 4.91. The predicted octanol–water partition coefficient (Wildman–Crippen LogP) is 2.41. The maximum atomic E-state index is 12.5. The van der Waals surface area contributed by atoms with E-state index in [2.05, 4.69) is 15.8 Å². The van der Waals surface area contributed by atoms with Crippen LogP contribution in [0.4, 0.5) is 10.6 Å². The molecule has 0 spiro atoms. The van der Waals surface area contributed by atoms with E-state index in [0.29, 0.717) is 30.2 Å². The van der Waals surface area contributed by atoms with Gasteiger partial charge in [-0.15, -0.1) is 0 Å². The normalized spacial score (nSPS) is 17.4. The summed E-state index contributed by atoms with van der Waals surface area (Å²) >= 11 is 0. The van der Waals surface area contributed by atoms with Gasteiger partial charge in [0, 0.05) is 30.8 Å². The molecule has 2 heterocycles. The van der Waals surface area contributed by atoms with Gasteiger partial charge in [0.05, 0.1) is 0 Å². The van der Waals surface area contributed by atoms with Crippen molar-refractivity contribution in [2.24, 2.45) is 0 Å². The zero-order valence-corrected chi connectivity index (χ0v) is 13.5. The van der Waals surface area contributed by atoms with Crippen molar-refractivity contribution in [2.75, 3.05) is 18.4 Å². The molecule has 1 saturated heterocycles. The van der Waals surface area contributed by atoms with Crippen LogP contribution in [0, 0.1) is 6.92 Å². The van der Waals surface area contributed by atoms with Crippen molar-refractivity contribution in [3.05, 3.63) is 47.7 Å². The Hall–Kier alpha value is -2.83. The average molecular weight is 328 g/mol. The molecule has 0 bridgehead atoms. The molecule has 2 aromatic rings. The average Bonchev–Trinajstić information content (AvgIpc) is 3.00. The maximum Gasteiger partial charge on any atom is 0.320 e. The van der Waals surface area contributed by atoms with E-state index in [4.69, 9.17) is 4.52 Å². The van der Waals surface area contributed by atoms with Crippen LogP contribution >= 0.6 is 0 Å². The number of amides is 3. The van der Waals surface area contributed by atoms with Crippen molar-refractivity contribution >= 4 is 17.8 Å². The van der Waals surface area contributed by atoms with Crippen LogP contribution in [-0.2, 0) is 0 Å². The van der Waals surface area contributed by atoms with Gasteiger partial charge >= 0.3 is 6.03 Å². The van der Waals surface area contributed by atoms with Crippen LogP contribution in [0.2, 0.25) is 0 Å². The molecule has 7 nitrogen and oxygen atoms in total. The lowest BCUT2D eigenvalue weighted by Crippen LogP contribution is -2.50. The molecule has 7 heteroatoms. The molecule has 0 radical (unpaired) electrons. The van der Waals surface area contributed by atoms with Crippen molar-refractivity contribution < 1.29 is 14.1 Å². The number of benzene rings is 1. The van der Waals surface area contributed by atoms with Crippen LogP contribution in [0.3, 0.4) is 0 Å². The lowest BCUT2D eigenvalue weighted by atomic mass is 10.0. The molecular formula is C17H20N4O3. The highest BCUT2D eigenvalue weighted by Crippen LogP contribution is 2.14. The Morgan fingerprint density at radius 2 is 2.08 bits per heavy atom. The van der Waals surface area contributed by atoms with Crippen LogP contribution in [0.25, 0.3) is 0 Å². The number of carbonyl (C=O) groups excluding carboxylic acids is 2. The third kappa shape index (κ3) is 3.92. The van der Waals surface area contributed by atoms with E-state index >= 15 is 0 Å². The van der Waals surface area contributed by atoms with Gasteiger partial charge in [0.1, 0.15) is 5.76 Å². The van der Waals surface area contributed by atoms with Crippen molar-refractivity contribution in [1.29, 1.82) is 0 Å². The summed E-state index contributed by atoms with van der Waals surface area (Å²) in [7, 11) is 0. The molecule has 0 aliphatic carbocycles. The Labute approximate surface area is 140 Å². The molecule has 1 aliphatic heterocycles. The van der Waals surface area contributed by atoms with E-state index in [1.54, 1.807) is 30.0 Å². The highest BCUT2D eigenvalue weighted by Gasteiger charge is 2.25. The number of aryl methyl sites for hydroxylation is 1. The fourth-order valence-electron chi connectivity index (χ4n) is 2.81. The summed E-state index contributed by atoms with van der Waals surface area (Å²) in [5.74, 6) is 0.996. The van der Waals surface area contributed by atoms with Crippen molar-refractivity contribution in [3.63, 3.8) is 0 Å². The summed E-state index contributed by atoms with van der Waals surface area (Å²) in [5.41, 5.74) is 0.667. The van der Waals surface area contributed by atoms with Gasteiger partial charge < -0.3 is 14.7 Å². The minimum absolute atomic E-state index is 0.00497. The number of likely N-dealkylation sites (tertiary alicyclic amines) is 1. The minimum atomic E-state index is -0.345. The smallest absolute Gasteiger partial charge is 0.320 e. The van der Waals surface area contributed by atoms with Crippen LogP contribution in [-0.4, -0.2) is 41.1 Å². The molecule has 1 aromatic heterocycles. The number of anilines is 1. The first kappa shape index (κ1) is 16.0. The molecule has 1 unspecified atom stereocenters. The summed E-state index contributed by atoms with van der Waals surface area (Å²) in [5, 5.41) is 9.23. The SMILES string of the molecule is Cc1cc(NC(=O)NC2CCCN(C(=O)c3ccccc3)C2)no1. The Morgan fingerprint density at radius 1 is 1.29 bits per heavy atom. The maximum absolute atomic E-state index is 12.5. The molecule has 1 atom stereocenters. The molecular weight excluding hydrogens is 308 g/mol. The van der Waals surface area contributed by atoms with Gasteiger partial charge in [0.2, 0.25) is 0 Å². The van der Waals surface area contributed by atoms with E-state index < -0.39 is 0 Å². The van der Waals surface area contributed by atoms with Crippen molar-refractivity contribution in [1.82, 2.24) is 15.4 Å². The third-order valence-electron chi connectivity index (χ3n) is 3.93. The Morgan fingerprint density at radius 3 is 2.79 bits per heavy atom. The second kappa shape index (κ2) is 7.16. The lowest BCUT2D eigenvalue weighted by molar-refractivity contribution is 0.0698. The monoisotopic (exact) mass is 328 g/mol. The van der Waals surface area contributed by atoms with E-state index in [0.717, 1.165) is 12.8 Å². The van der Waals surface area contributed by atoms with E-state index in [9.17, 15) is 9.59 Å². The number of rotatable bonds is 3. The summed E-state index contributed by atoms with van der Waals surface area (Å²) in [6.45, 7) is 2.96. The first-order chi connectivity index (χ1) is 11.6. The fraction of sp³-hybridized carbons (Fsp3) is 0.353. The second-order valence-electron chi connectivity index (χ2n) is 5.88.